The number of amides is 1. The van der Waals surface area contributed by atoms with Gasteiger partial charge in [0.1, 0.15) is 5.75 Å². The van der Waals surface area contributed by atoms with Gasteiger partial charge >= 0.3 is 0 Å². The molecule has 2 N–H and O–H groups in total. The van der Waals surface area contributed by atoms with E-state index in [1.54, 1.807) is 25.3 Å². The topological polar surface area (TPSA) is 50.4 Å². The normalized spacial score (nSPS) is 10.4. The Morgan fingerprint density at radius 1 is 1.17 bits per heavy atom. The SMILES string of the molecule is COc1ccccc1CCNCC(=O)Nc1cc(Cl)ccc1Cl. The monoisotopic (exact) mass is 352 g/mol. The summed E-state index contributed by atoms with van der Waals surface area (Å²) in [4.78, 5) is 11.9. The van der Waals surface area contributed by atoms with Crippen LogP contribution in [0.5, 0.6) is 5.75 Å². The van der Waals surface area contributed by atoms with Gasteiger partial charge in [-0.05, 0) is 42.8 Å². The number of ether oxygens (including phenoxy) is 1. The van der Waals surface area contributed by atoms with Crippen molar-refractivity contribution in [3.63, 3.8) is 0 Å². The first-order valence-corrected chi connectivity index (χ1v) is 7.93. The molecule has 0 unspecified atom stereocenters. The van der Waals surface area contributed by atoms with Gasteiger partial charge in [-0.15, -0.1) is 0 Å². The third-order valence-corrected chi connectivity index (χ3v) is 3.82. The van der Waals surface area contributed by atoms with Crippen LogP contribution in [0.25, 0.3) is 0 Å². The van der Waals surface area contributed by atoms with Crippen molar-refractivity contribution in [2.75, 3.05) is 25.5 Å². The maximum atomic E-state index is 11.9. The lowest BCUT2D eigenvalue weighted by Gasteiger charge is -2.10. The van der Waals surface area contributed by atoms with E-state index in [-0.39, 0.29) is 12.5 Å². The Bertz CT molecular complexity index is 677. The molecule has 0 spiro atoms. The van der Waals surface area contributed by atoms with Gasteiger partial charge in [-0.3, -0.25) is 4.79 Å². The molecule has 6 heteroatoms. The van der Waals surface area contributed by atoms with Crippen LogP contribution >= 0.6 is 23.2 Å². The number of nitrogens with one attached hydrogen (secondary N) is 2. The van der Waals surface area contributed by atoms with Crippen LogP contribution in [0.2, 0.25) is 10.0 Å². The lowest BCUT2D eigenvalue weighted by Crippen LogP contribution is -2.29. The van der Waals surface area contributed by atoms with E-state index in [1.807, 2.05) is 24.3 Å². The van der Waals surface area contributed by atoms with Gasteiger partial charge in [-0.25, -0.2) is 0 Å². The highest BCUT2D eigenvalue weighted by atomic mass is 35.5. The molecule has 23 heavy (non-hydrogen) atoms. The molecule has 0 aliphatic carbocycles. The highest BCUT2D eigenvalue weighted by Gasteiger charge is 2.07. The third kappa shape index (κ3) is 5.43. The lowest BCUT2D eigenvalue weighted by molar-refractivity contribution is -0.115. The molecule has 0 saturated heterocycles. The highest BCUT2D eigenvalue weighted by molar-refractivity contribution is 6.35. The van der Waals surface area contributed by atoms with E-state index < -0.39 is 0 Å². The van der Waals surface area contributed by atoms with Crippen LogP contribution in [0.4, 0.5) is 5.69 Å². The molecule has 0 aliphatic rings. The van der Waals surface area contributed by atoms with Crippen molar-refractivity contribution in [2.45, 2.75) is 6.42 Å². The highest BCUT2D eigenvalue weighted by Crippen LogP contribution is 2.25. The summed E-state index contributed by atoms with van der Waals surface area (Å²) in [5.41, 5.74) is 1.61. The molecule has 4 nitrogen and oxygen atoms in total. The fourth-order valence-electron chi connectivity index (χ4n) is 2.12. The van der Waals surface area contributed by atoms with Crippen LogP contribution in [-0.4, -0.2) is 26.1 Å². The van der Waals surface area contributed by atoms with Crippen molar-refractivity contribution < 1.29 is 9.53 Å². The van der Waals surface area contributed by atoms with E-state index in [4.69, 9.17) is 27.9 Å². The van der Waals surface area contributed by atoms with Gasteiger partial charge in [0, 0.05) is 5.02 Å². The molecule has 1 amide bonds. The number of hydrogen-bond acceptors (Lipinski definition) is 3. The Morgan fingerprint density at radius 3 is 2.74 bits per heavy atom. The molecule has 2 aromatic rings. The molecule has 0 fully saturated rings. The van der Waals surface area contributed by atoms with Gasteiger partial charge in [0.05, 0.1) is 24.4 Å². The number of para-hydroxylation sites is 1. The average Bonchev–Trinajstić information content (AvgIpc) is 2.55. The van der Waals surface area contributed by atoms with Gasteiger partial charge in [0.25, 0.3) is 0 Å². The van der Waals surface area contributed by atoms with Crippen LogP contribution in [0.3, 0.4) is 0 Å². The van der Waals surface area contributed by atoms with Crippen molar-refractivity contribution in [1.82, 2.24) is 5.32 Å². The average molecular weight is 353 g/mol. The summed E-state index contributed by atoms with van der Waals surface area (Å²) in [6.07, 6.45) is 0.773. The first-order valence-electron chi connectivity index (χ1n) is 7.17. The molecule has 122 valence electrons. The first-order chi connectivity index (χ1) is 11.1. The van der Waals surface area contributed by atoms with Crippen LogP contribution in [-0.2, 0) is 11.2 Å². The summed E-state index contributed by atoms with van der Waals surface area (Å²) in [5.74, 6) is 0.679. The Kier molecular flexibility index (Phi) is 6.71. The third-order valence-electron chi connectivity index (χ3n) is 3.25. The molecule has 0 bridgehead atoms. The van der Waals surface area contributed by atoms with E-state index in [0.717, 1.165) is 17.7 Å². The van der Waals surface area contributed by atoms with Gasteiger partial charge in [0.2, 0.25) is 5.91 Å². The second-order valence-electron chi connectivity index (χ2n) is 4.91. The number of carbonyl (C=O) groups excluding carboxylic acids is 1. The van der Waals surface area contributed by atoms with Crippen LogP contribution in [0.1, 0.15) is 5.56 Å². The first kappa shape index (κ1) is 17.6. The van der Waals surface area contributed by atoms with Crippen molar-refractivity contribution in [3.05, 3.63) is 58.1 Å². The second kappa shape index (κ2) is 8.77. The fraction of sp³-hybridized carbons (Fsp3) is 0.235. The number of hydrogen-bond donors (Lipinski definition) is 2. The summed E-state index contributed by atoms with van der Waals surface area (Å²) in [7, 11) is 1.65. The molecular formula is C17H18Cl2N2O2. The van der Waals surface area contributed by atoms with E-state index >= 15 is 0 Å². The second-order valence-corrected chi connectivity index (χ2v) is 5.75. The van der Waals surface area contributed by atoms with Gasteiger partial charge in [0.15, 0.2) is 0 Å². The van der Waals surface area contributed by atoms with Crippen LogP contribution < -0.4 is 15.4 Å². The van der Waals surface area contributed by atoms with E-state index in [1.165, 1.54) is 0 Å². The number of anilines is 1. The van der Waals surface area contributed by atoms with Crippen molar-refractivity contribution in [1.29, 1.82) is 0 Å². The number of carbonyl (C=O) groups is 1. The minimum absolute atomic E-state index is 0.172. The Balaban J connectivity index is 1.78. The summed E-state index contributed by atoms with van der Waals surface area (Å²) >= 11 is 11.9. The zero-order valence-corrected chi connectivity index (χ0v) is 14.2. The molecule has 0 saturated carbocycles. The largest absolute Gasteiger partial charge is 0.496 e. The van der Waals surface area contributed by atoms with Gasteiger partial charge < -0.3 is 15.4 Å². The molecule has 0 aromatic heterocycles. The lowest BCUT2D eigenvalue weighted by atomic mass is 10.1. The molecule has 2 aromatic carbocycles. The predicted octanol–water partition coefficient (Wildman–Crippen LogP) is 3.77. The molecular weight excluding hydrogens is 335 g/mol. The Labute approximate surface area is 145 Å². The Morgan fingerprint density at radius 2 is 1.96 bits per heavy atom. The summed E-state index contributed by atoms with van der Waals surface area (Å²) in [6, 6.07) is 12.8. The molecule has 0 heterocycles. The summed E-state index contributed by atoms with van der Waals surface area (Å²) in [6.45, 7) is 0.856. The maximum Gasteiger partial charge on any atom is 0.238 e. The molecule has 0 atom stereocenters. The minimum atomic E-state index is -0.172. The number of methoxy groups -OCH3 is 1. The molecule has 2 rings (SSSR count). The summed E-state index contributed by atoms with van der Waals surface area (Å²) < 4.78 is 5.29. The van der Waals surface area contributed by atoms with Crippen LogP contribution in [0.15, 0.2) is 42.5 Å². The Hall–Kier alpha value is -1.75. The number of benzene rings is 2. The van der Waals surface area contributed by atoms with Gasteiger partial charge in [-0.2, -0.15) is 0 Å². The molecule has 0 radical (unpaired) electrons. The number of rotatable bonds is 7. The zero-order valence-electron chi connectivity index (χ0n) is 12.7. The standard InChI is InChI=1S/C17H18Cl2N2O2/c1-23-16-5-3-2-4-12(16)8-9-20-11-17(22)21-15-10-13(18)6-7-14(15)19/h2-7,10,20H,8-9,11H2,1H3,(H,21,22). The zero-order chi connectivity index (χ0) is 16.7. The predicted molar refractivity (Wildman–Crippen MR) is 94.7 cm³/mol. The maximum absolute atomic E-state index is 11.9. The van der Waals surface area contributed by atoms with Crippen LogP contribution in [0, 0.1) is 0 Å². The van der Waals surface area contributed by atoms with Crippen molar-refractivity contribution in [3.8, 4) is 5.75 Å². The number of halogens is 2. The minimum Gasteiger partial charge on any atom is -0.496 e. The smallest absolute Gasteiger partial charge is 0.238 e. The fourth-order valence-corrected chi connectivity index (χ4v) is 2.46. The van der Waals surface area contributed by atoms with Crippen molar-refractivity contribution in [2.24, 2.45) is 0 Å². The summed E-state index contributed by atoms with van der Waals surface area (Å²) in [5, 5.41) is 6.80. The quantitative estimate of drug-likeness (QED) is 0.745. The molecule has 0 aliphatic heterocycles. The van der Waals surface area contributed by atoms with Crippen molar-refractivity contribution >= 4 is 34.8 Å². The van der Waals surface area contributed by atoms with E-state index in [0.29, 0.717) is 22.3 Å². The van der Waals surface area contributed by atoms with E-state index in [9.17, 15) is 4.79 Å². The van der Waals surface area contributed by atoms with Gasteiger partial charge in [-0.1, -0.05) is 41.4 Å². The van der Waals surface area contributed by atoms with E-state index in [2.05, 4.69) is 10.6 Å².